The first-order valence-electron chi connectivity index (χ1n) is 8.56. The van der Waals surface area contributed by atoms with E-state index in [9.17, 15) is 31.5 Å². The summed E-state index contributed by atoms with van der Waals surface area (Å²) in [5.41, 5.74) is -1.70. The molecule has 0 bridgehead atoms. The van der Waals surface area contributed by atoms with Gasteiger partial charge in [-0.25, -0.2) is 8.78 Å². The average molecular weight is 414 g/mol. The zero-order chi connectivity index (χ0) is 21.2. The van der Waals surface area contributed by atoms with Crippen LogP contribution in [-0.2, 0) is 11.0 Å². The molecular formula is C19H15F5N2O3. The van der Waals surface area contributed by atoms with Crippen LogP contribution in [-0.4, -0.2) is 24.4 Å². The smallest absolute Gasteiger partial charge is 0.416 e. The first-order valence-corrected chi connectivity index (χ1v) is 8.56. The SMILES string of the molecule is O=C1CC(NC(=O)c2cc(C(F)(F)F)ccc2Oc2c(F)cccc2F)CCN1. The minimum atomic E-state index is -4.75. The maximum Gasteiger partial charge on any atom is 0.416 e. The number of piperidine rings is 1. The Morgan fingerprint density at radius 2 is 1.83 bits per heavy atom. The number of halogens is 5. The third-order valence-electron chi connectivity index (χ3n) is 4.26. The molecule has 2 aromatic carbocycles. The van der Waals surface area contributed by atoms with E-state index in [2.05, 4.69) is 10.6 Å². The van der Waals surface area contributed by atoms with Crippen molar-refractivity contribution >= 4 is 11.8 Å². The summed E-state index contributed by atoms with van der Waals surface area (Å²) in [6.45, 7) is 0.302. The third kappa shape index (κ3) is 4.82. The van der Waals surface area contributed by atoms with E-state index in [1.807, 2.05) is 0 Å². The van der Waals surface area contributed by atoms with Crippen molar-refractivity contribution in [1.82, 2.24) is 10.6 Å². The number of amides is 2. The molecule has 3 rings (SSSR count). The molecular weight excluding hydrogens is 399 g/mol. The monoisotopic (exact) mass is 414 g/mol. The topological polar surface area (TPSA) is 67.4 Å². The summed E-state index contributed by atoms with van der Waals surface area (Å²) in [6.07, 6.45) is -4.40. The number of nitrogens with one attached hydrogen (secondary N) is 2. The largest absolute Gasteiger partial charge is 0.450 e. The highest BCUT2D eigenvalue weighted by Crippen LogP contribution is 2.35. The van der Waals surface area contributed by atoms with Crippen molar-refractivity contribution in [3.63, 3.8) is 0 Å². The van der Waals surface area contributed by atoms with Gasteiger partial charge in [0.2, 0.25) is 5.91 Å². The second kappa shape index (κ2) is 8.06. The fourth-order valence-corrected chi connectivity index (χ4v) is 2.83. The van der Waals surface area contributed by atoms with Crippen molar-refractivity contribution in [3.05, 3.63) is 59.2 Å². The van der Waals surface area contributed by atoms with Crippen LogP contribution >= 0.6 is 0 Å². The van der Waals surface area contributed by atoms with Crippen LogP contribution in [0.1, 0.15) is 28.8 Å². The van der Waals surface area contributed by atoms with Gasteiger partial charge < -0.3 is 15.4 Å². The minimum Gasteiger partial charge on any atom is -0.450 e. The van der Waals surface area contributed by atoms with Crippen LogP contribution in [0.2, 0.25) is 0 Å². The van der Waals surface area contributed by atoms with E-state index in [4.69, 9.17) is 4.74 Å². The zero-order valence-electron chi connectivity index (χ0n) is 14.8. The minimum absolute atomic E-state index is 0.0389. The van der Waals surface area contributed by atoms with Gasteiger partial charge in [0.15, 0.2) is 17.4 Å². The average Bonchev–Trinajstić information content (AvgIpc) is 2.64. The Labute approximate surface area is 161 Å². The Hall–Kier alpha value is -3.17. The summed E-state index contributed by atoms with van der Waals surface area (Å²) in [6, 6.07) is 4.30. The highest BCUT2D eigenvalue weighted by Gasteiger charge is 2.33. The molecule has 0 aromatic heterocycles. The van der Waals surface area contributed by atoms with Crippen LogP contribution in [0.25, 0.3) is 0 Å². The third-order valence-corrected chi connectivity index (χ3v) is 4.26. The molecule has 2 amide bonds. The molecule has 1 aliphatic rings. The van der Waals surface area contributed by atoms with Gasteiger partial charge in [-0.1, -0.05) is 6.07 Å². The van der Waals surface area contributed by atoms with Crippen LogP contribution in [0.15, 0.2) is 36.4 Å². The van der Waals surface area contributed by atoms with Crippen molar-refractivity contribution < 1.29 is 36.3 Å². The van der Waals surface area contributed by atoms with E-state index in [1.165, 1.54) is 0 Å². The van der Waals surface area contributed by atoms with Crippen LogP contribution in [0.3, 0.4) is 0 Å². The molecule has 1 atom stereocenters. The molecule has 29 heavy (non-hydrogen) atoms. The lowest BCUT2D eigenvalue weighted by atomic mass is 10.0. The maximum absolute atomic E-state index is 13.9. The lowest BCUT2D eigenvalue weighted by molar-refractivity contribution is -0.137. The molecule has 1 saturated heterocycles. The number of hydrogen-bond acceptors (Lipinski definition) is 3. The van der Waals surface area contributed by atoms with Gasteiger partial charge in [-0.05, 0) is 36.8 Å². The highest BCUT2D eigenvalue weighted by molar-refractivity contribution is 5.97. The van der Waals surface area contributed by atoms with E-state index in [0.717, 1.165) is 24.3 Å². The molecule has 2 N–H and O–H groups in total. The standard InChI is InChI=1S/C19H15F5N2O3/c20-13-2-1-3-14(21)17(13)29-15-5-4-10(19(22,23)24)8-12(15)18(28)26-11-6-7-25-16(27)9-11/h1-5,8,11H,6-7,9H2,(H,25,27)(H,26,28). The summed E-state index contributed by atoms with van der Waals surface area (Å²) in [4.78, 5) is 24.0. The van der Waals surface area contributed by atoms with E-state index >= 15 is 0 Å². The number of carbonyl (C=O) groups excluding carboxylic acids is 2. The second-order valence-electron chi connectivity index (χ2n) is 6.37. The molecule has 1 unspecified atom stereocenters. The van der Waals surface area contributed by atoms with Crippen molar-refractivity contribution in [2.45, 2.75) is 25.1 Å². The molecule has 0 aliphatic carbocycles. The van der Waals surface area contributed by atoms with Gasteiger partial charge in [0, 0.05) is 19.0 Å². The first kappa shape index (κ1) is 20.6. The van der Waals surface area contributed by atoms with Gasteiger partial charge in [-0.3, -0.25) is 9.59 Å². The van der Waals surface area contributed by atoms with E-state index < -0.39 is 52.4 Å². The number of alkyl halides is 3. The predicted molar refractivity (Wildman–Crippen MR) is 91.4 cm³/mol. The van der Waals surface area contributed by atoms with Crippen molar-refractivity contribution in [3.8, 4) is 11.5 Å². The molecule has 0 saturated carbocycles. The Kier molecular flexibility index (Phi) is 5.71. The van der Waals surface area contributed by atoms with Crippen LogP contribution in [0.4, 0.5) is 22.0 Å². The molecule has 154 valence electrons. The van der Waals surface area contributed by atoms with Gasteiger partial charge >= 0.3 is 6.18 Å². The highest BCUT2D eigenvalue weighted by atomic mass is 19.4. The quantitative estimate of drug-likeness (QED) is 0.749. The van der Waals surface area contributed by atoms with Crippen molar-refractivity contribution in [2.24, 2.45) is 0 Å². The lowest BCUT2D eigenvalue weighted by Crippen LogP contribution is -2.45. The van der Waals surface area contributed by atoms with Gasteiger partial charge in [0.05, 0.1) is 11.1 Å². The van der Waals surface area contributed by atoms with Gasteiger partial charge in [0.1, 0.15) is 5.75 Å². The van der Waals surface area contributed by atoms with Crippen molar-refractivity contribution in [2.75, 3.05) is 6.54 Å². The molecule has 10 heteroatoms. The van der Waals surface area contributed by atoms with Gasteiger partial charge in [0.25, 0.3) is 5.91 Å². The molecule has 1 fully saturated rings. The van der Waals surface area contributed by atoms with Gasteiger partial charge in [-0.15, -0.1) is 0 Å². The van der Waals surface area contributed by atoms with Crippen LogP contribution in [0.5, 0.6) is 11.5 Å². The summed E-state index contributed by atoms with van der Waals surface area (Å²) >= 11 is 0. The summed E-state index contributed by atoms with van der Waals surface area (Å²) < 4.78 is 72.1. The summed E-state index contributed by atoms with van der Waals surface area (Å²) in [7, 11) is 0. The predicted octanol–water partition coefficient (Wildman–Crippen LogP) is 3.78. The second-order valence-corrected chi connectivity index (χ2v) is 6.37. The Morgan fingerprint density at radius 1 is 1.14 bits per heavy atom. The van der Waals surface area contributed by atoms with Crippen molar-refractivity contribution in [1.29, 1.82) is 0 Å². The van der Waals surface area contributed by atoms with E-state index in [-0.39, 0.29) is 12.3 Å². The number of carbonyl (C=O) groups is 2. The summed E-state index contributed by atoms with van der Waals surface area (Å²) in [5, 5.41) is 5.03. The Bertz CT molecular complexity index is 926. The fourth-order valence-electron chi connectivity index (χ4n) is 2.83. The first-order chi connectivity index (χ1) is 13.6. The normalized spacial score (nSPS) is 16.9. The zero-order valence-corrected chi connectivity index (χ0v) is 14.8. The molecule has 0 radical (unpaired) electrons. The lowest BCUT2D eigenvalue weighted by Gasteiger charge is -2.23. The number of benzene rings is 2. The molecule has 5 nitrogen and oxygen atoms in total. The summed E-state index contributed by atoms with van der Waals surface area (Å²) in [5.74, 6) is -4.74. The van der Waals surface area contributed by atoms with E-state index in [1.54, 1.807) is 0 Å². The van der Waals surface area contributed by atoms with Crippen LogP contribution in [0, 0.1) is 11.6 Å². The molecule has 2 aromatic rings. The maximum atomic E-state index is 13.9. The molecule has 1 aliphatic heterocycles. The molecule has 0 spiro atoms. The van der Waals surface area contributed by atoms with Crippen LogP contribution < -0.4 is 15.4 Å². The fraction of sp³-hybridized carbons (Fsp3) is 0.263. The number of hydrogen-bond donors (Lipinski definition) is 2. The Balaban J connectivity index is 1.95. The number of para-hydroxylation sites is 1. The Morgan fingerprint density at radius 3 is 2.45 bits per heavy atom. The molecule has 1 heterocycles. The number of rotatable bonds is 4. The number of ether oxygens (including phenoxy) is 1. The van der Waals surface area contributed by atoms with E-state index in [0.29, 0.717) is 25.1 Å². The van der Waals surface area contributed by atoms with Gasteiger partial charge in [-0.2, -0.15) is 13.2 Å².